The lowest BCUT2D eigenvalue weighted by atomic mass is 10.1. The molecule has 5 nitrogen and oxygen atoms in total. The van der Waals surface area contributed by atoms with E-state index < -0.39 is 0 Å². The molecular weight excluding hydrogens is 288 g/mol. The topological polar surface area (TPSA) is 66.9 Å². The molecule has 1 aromatic heterocycles. The Bertz CT molecular complexity index is 628. The van der Waals surface area contributed by atoms with E-state index in [1.165, 1.54) is 0 Å². The summed E-state index contributed by atoms with van der Waals surface area (Å²) in [6.07, 6.45) is 1.66. The van der Waals surface area contributed by atoms with Gasteiger partial charge in [0, 0.05) is 30.4 Å². The predicted octanol–water partition coefficient (Wildman–Crippen LogP) is 2.59. The van der Waals surface area contributed by atoms with Gasteiger partial charge < -0.3 is 10.6 Å². The number of anilines is 1. The number of carbonyl (C=O) groups excluding carboxylic acids is 1. The van der Waals surface area contributed by atoms with Crippen molar-refractivity contribution in [1.82, 2.24) is 15.3 Å². The molecule has 0 fully saturated rings. The van der Waals surface area contributed by atoms with Crippen LogP contribution in [0.1, 0.15) is 21.5 Å². The first-order chi connectivity index (χ1) is 10.1. The fraction of sp³-hybridized carbons (Fsp3) is 0.267. The van der Waals surface area contributed by atoms with E-state index in [-0.39, 0.29) is 11.2 Å². The maximum absolute atomic E-state index is 11.9. The third kappa shape index (κ3) is 4.43. The van der Waals surface area contributed by atoms with Crippen molar-refractivity contribution in [2.45, 2.75) is 13.8 Å². The molecule has 1 aromatic carbocycles. The molecule has 0 unspecified atom stereocenters. The van der Waals surface area contributed by atoms with Crippen molar-refractivity contribution in [2.24, 2.45) is 0 Å². The van der Waals surface area contributed by atoms with Gasteiger partial charge in [-0.25, -0.2) is 9.97 Å². The molecule has 0 radical (unpaired) electrons. The van der Waals surface area contributed by atoms with Crippen molar-refractivity contribution >= 4 is 23.3 Å². The molecule has 2 N–H and O–H groups in total. The van der Waals surface area contributed by atoms with Crippen LogP contribution in [0, 0.1) is 13.8 Å². The predicted molar refractivity (Wildman–Crippen MR) is 83.8 cm³/mol. The molecule has 6 heteroatoms. The molecule has 2 aromatic rings. The van der Waals surface area contributed by atoms with Gasteiger partial charge in [0.15, 0.2) is 0 Å². The number of nitrogens with zero attached hydrogens (tertiary/aromatic N) is 2. The van der Waals surface area contributed by atoms with Crippen LogP contribution in [0.3, 0.4) is 0 Å². The van der Waals surface area contributed by atoms with Crippen LogP contribution in [0.2, 0.25) is 5.28 Å². The zero-order chi connectivity index (χ0) is 15.2. The average molecular weight is 305 g/mol. The van der Waals surface area contributed by atoms with Crippen LogP contribution in [0.15, 0.2) is 30.5 Å². The van der Waals surface area contributed by atoms with Gasteiger partial charge in [-0.3, -0.25) is 4.79 Å². The Kier molecular flexibility index (Phi) is 5.11. The highest BCUT2D eigenvalue weighted by Crippen LogP contribution is 2.11. The second-order valence-corrected chi connectivity index (χ2v) is 5.06. The Labute approximate surface area is 128 Å². The number of nitrogens with one attached hydrogen (secondary N) is 2. The normalized spacial score (nSPS) is 10.2. The molecule has 1 heterocycles. The van der Waals surface area contributed by atoms with E-state index in [0.717, 1.165) is 11.1 Å². The molecule has 0 atom stereocenters. The Morgan fingerprint density at radius 1 is 1.19 bits per heavy atom. The van der Waals surface area contributed by atoms with Crippen LogP contribution in [0.4, 0.5) is 5.82 Å². The lowest BCUT2D eigenvalue weighted by Gasteiger charge is -2.09. The standard InChI is InChI=1S/C15H17ClN4O/c1-10-3-5-12(6-4-10)14(21)18-8-7-17-13-11(2)9-19-15(16)20-13/h3-6,9H,7-8H2,1-2H3,(H,18,21)(H,17,19,20). The summed E-state index contributed by atoms with van der Waals surface area (Å²) >= 11 is 5.74. The lowest BCUT2D eigenvalue weighted by molar-refractivity contribution is 0.0955. The summed E-state index contributed by atoms with van der Waals surface area (Å²) in [5.74, 6) is 0.592. The molecule has 2 rings (SSSR count). The molecule has 0 aliphatic heterocycles. The molecule has 0 saturated carbocycles. The van der Waals surface area contributed by atoms with Gasteiger partial charge in [0.2, 0.25) is 5.28 Å². The number of benzene rings is 1. The third-order valence-electron chi connectivity index (χ3n) is 2.96. The zero-order valence-corrected chi connectivity index (χ0v) is 12.7. The van der Waals surface area contributed by atoms with Crippen LogP contribution in [0.25, 0.3) is 0 Å². The second-order valence-electron chi connectivity index (χ2n) is 4.72. The number of aromatic nitrogens is 2. The average Bonchev–Trinajstić information content (AvgIpc) is 2.47. The maximum atomic E-state index is 11.9. The van der Waals surface area contributed by atoms with Crippen LogP contribution in [0.5, 0.6) is 0 Å². The zero-order valence-electron chi connectivity index (χ0n) is 12.0. The number of halogens is 1. The van der Waals surface area contributed by atoms with E-state index in [0.29, 0.717) is 24.5 Å². The summed E-state index contributed by atoms with van der Waals surface area (Å²) in [5, 5.41) is 6.17. The Morgan fingerprint density at radius 2 is 1.90 bits per heavy atom. The molecule has 0 spiro atoms. The van der Waals surface area contributed by atoms with Gasteiger partial charge in [-0.1, -0.05) is 17.7 Å². The smallest absolute Gasteiger partial charge is 0.251 e. The molecular formula is C15H17ClN4O. The van der Waals surface area contributed by atoms with Gasteiger partial charge in [0.1, 0.15) is 5.82 Å². The van der Waals surface area contributed by atoms with Crippen molar-refractivity contribution in [3.05, 3.63) is 52.4 Å². The van der Waals surface area contributed by atoms with Crippen LogP contribution in [-0.2, 0) is 0 Å². The fourth-order valence-corrected chi connectivity index (χ4v) is 1.90. The molecule has 1 amide bonds. The van der Waals surface area contributed by atoms with E-state index in [1.807, 2.05) is 38.1 Å². The summed E-state index contributed by atoms with van der Waals surface area (Å²) in [6, 6.07) is 7.46. The van der Waals surface area contributed by atoms with E-state index >= 15 is 0 Å². The van der Waals surface area contributed by atoms with Gasteiger partial charge in [0.05, 0.1) is 0 Å². The van der Waals surface area contributed by atoms with Crippen molar-refractivity contribution in [2.75, 3.05) is 18.4 Å². The van der Waals surface area contributed by atoms with E-state index in [2.05, 4.69) is 20.6 Å². The van der Waals surface area contributed by atoms with E-state index in [9.17, 15) is 4.79 Å². The summed E-state index contributed by atoms with van der Waals surface area (Å²) in [6.45, 7) is 4.93. The number of rotatable bonds is 5. The summed E-state index contributed by atoms with van der Waals surface area (Å²) in [5.41, 5.74) is 2.69. The molecule has 110 valence electrons. The summed E-state index contributed by atoms with van der Waals surface area (Å²) in [7, 11) is 0. The Morgan fingerprint density at radius 3 is 2.62 bits per heavy atom. The quantitative estimate of drug-likeness (QED) is 0.658. The highest BCUT2D eigenvalue weighted by Gasteiger charge is 2.05. The number of amides is 1. The number of hydrogen-bond acceptors (Lipinski definition) is 4. The molecule has 0 saturated heterocycles. The van der Waals surface area contributed by atoms with Gasteiger partial charge in [-0.2, -0.15) is 0 Å². The molecule has 21 heavy (non-hydrogen) atoms. The minimum atomic E-state index is -0.0887. The van der Waals surface area contributed by atoms with Crippen molar-refractivity contribution < 1.29 is 4.79 Å². The summed E-state index contributed by atoms with van der Waals surface area (Å²) in [4.78, 5) is 19.9. The van der Waals surface area contributed by atoms with Crippen molar-refractivity contribution in [3.63, 3.8) is 0 Å². The van der Waals surface area contributed by atoms with E-state index in [4.69, 9.17) is 11.6 Å². The first-order valence-electron chi connectivity index (χ1n) is 6.64. The lowest BCUT2D eigenvalue weighted by Crippen LogP contribution is -2.29. The monoisotopic (exact) mass is 304 g/mol. The van der Waals surface area contributed by atoms with Crippen LogP contribution < -0.4 is 10.6 Å². The maximum Gasteiger partial charge on any atom is 0.251 e. The largest absolute Gasteiger partial charge is 0.368 e. The first-order valence-corrected chi connectivity index (χ1v) is 7.02. The van der Waals surface area contributed by atoms with Crippen molar-refractivity contribution in [3.8, 4) is 0 Å². The van der Waals surface area contributed by atoms with Gasteiger partial charge >= 0.3 is 0 Å². The molecule has 0 aliphatic carbocycles. The number of aryl methyl sites for hydroxylation is 2. The Hall–Kier alpha value is -2.14. The van der Waals surface area contributed by atoms with Gasteiger partial charge in [-0.05, 0) is 37.6 Å². The van der Waals surface area contributed by atoms with Gasteiger partial charge in [-0.15, -0.1) is 0 Å². The van der Waals surface area contributed by atoms with Crippen LogP contribution >= 0.6 is 11.6 Å². The third-order valence-corrected chi connectivity index (χ3v) is 3.14. The summed E-state index contributed by atoms with van der Waals surface area (Å²) < 4.78 is 0. The second kappa shape index (κ2) is 7.04. The fourth-order valence-electron chi connectivity index (χ4n) is 1.76. The highest BCUT2D eigenvalue weighted by molar-refractivity contribution is 6.28. The van der Waals surface area contributed by atoms with Gasteiger partial charge in [0.25, 0.3) is 5.91 Å². The van der Waals surface area contributed by atoms with E-state index in [1.54, 1.807) is 6.20 Å². The van der Waals surface area contributed by atoms with Crippen LogP contribution in [-0.4, -0.2) is 29.0 Å². The highest BCUT2D eigenvalue weighted by atomic mass is 35.5. The Balaban J connectivity index is 1.80. The van der Waals surface area contributed by atoms with Crippen molar-refractivity contribution in [1.29, 1.82) is 0 Å². The number of hydrogen-bond donors (Lipinski definition) is 2. The first kappa shape index (κ1) is 15.3. The number of carbonyl (C=O) groups is 1. The SMILES string of the molecule is Cc1ccc(C(=O)NCCNc2nc(Cl)ncc2C)cc1. The minimum absolute atomic E-state index is 0.0887. The molecule has 0 aliphatic rings. The minimum Gasteiger partial charge on any atom is -0.368 e. The molecule has 0 bridgehead atoms.